The standard InChI is InChI=1S/C20H27N3O4S/c1-12-6-5-7-16(13(12)2)21-18(24)11-28-20-23-22-19(27-20)15-9-8-14(25-3)10-17(15)26-4/h8-10,12-13,16H,5-7,11H2,1-4H3,(H,21,24)/t12-,13+,16+/m0/s1. The maximum atomic E-state index is 12.3. The molecule has 0 saturated heterocycles. The number of nitrogens with one attached hydrogen (secondary N) is 1. The Morgan fingerprint density at radius 3 is 2.82 bits per heavy atom. The molecule has 1 saturated carbocycles. The first-order valence-electron chi connectivity index (χ1n) is 9.50. The third-order valence-electron chi connectivity index (χ3n) is 5.43. The van der Waals surface area contributed by atoms with Crippen molar-refractivity contribution < 1.29 is 18.7 Å². The lowest BCUT2D eigenvalue weighted by Gasteiger charge is -2.34. The first-order chi connectivity index (χ1) is 13.5. The number of nitrogens with zero attached hydrogens (tertiary/aromatic N) is 2. The van der Waals surface area contributed by atoms with Gasteiger partial charge in [-0.1, -0.05) is 38.5 Å². The largest absolute Gasteiger partial charge is 0.497 e. The van der Waals surface area contributed by atoms with Gasteiger partial charge < -0.3 is 19.2 Å². The van der Waals surface area contributed by atoms with E-state index in [0.717, 1.165) is 6.42 Å². The van der Waals surface area contributed by atoms with E-state index in [4.69, 9.17) is 13.9 Å². The molecule has 0 radical (unpaired) electrons. The predicted octanol–water partition coefficient (Wildman–Crippen LogP) is 3.79. The van der Waals surface area contributed by atoms with Crippen LogP contribution in [0.25, 0.3) is 11.5 Å². The smallest absolute Gasteiger partial charge is 0.277 e. The molecule has 7 nitrogen and oxygen atoms in total. The van der Waals surface area contributed by atoms with Gasteiger partial charge in [0.05, 0.1) is 25.5 Å². The number of aromatic nitrogens is 2. The summed E-state index contributed by atoms with van der Waals surface area (Å²) in [7, 11) is 3.16. The fourth-order valence-corrected chi connectivity index (χ4v) is 4.09. The van der Waals surface area contributed by atoms with E-state index in [-0.39, 0.29) is 17.7 Å². The minimum atomic E-state index is -0.00210. The number of ether oxygens (including phenoxy) is 2. The van der Waals surface area contributed by atoms with Crippen LogP contribution in [0.3, 0.4) is 0 Å². The molecule has 0 spiro atoms. The van der Waals surface area contributed by atoms with Crippen LogP contribution in [0, 0.1) is 11.8 Å². The number of hydrogen-bond donors (Lipinski definition) is 1. The van der Waals surface area contributed by atoms with Gasteiger partial charge in [-0.15, -0.1) is 10.2 Å². The summed E-state index contributed by atoms with van der Waals surface area (Å²) in [6.07, 6.45) is 3.45. The lowest BCUT2D eigenvalue weighted by atomic mass is 9.78. The fourth-order valence-electron chi connectivity index (χ4n) is 3.51. The van der Waals surface area contributed by atoms with Crippen LogP contribution >= 0.6 is 11.8 Å². The number of carbonyl (C=O) groups excluding carboxylic acids is 1. The Hall–Kier alpha value is -2.22. The van der Waals surface area contributed by atoms with Gasteiger partial charge in [-0.25, -0.2) is 0 Å². The minimum Gasteiger partial charge on any atom is -0.497 e. The molecule has 1 amide bonds. The van der Waals surface area contributed by atoms with Crippen LogP contribution in [-0.4, -0.2) is 42.1 Å². The van der Waals surface area contributed by atoms with Crippen molar-refractivity contribution in [1.29, 1.82) is 0 Å². The second-order valence-corrected chi connectivity index (χ2v) is 8.10. The van der Waals surface area contributed by atoms with E-state index in [1.807, 2.05) is 0 Å². The number of rotatable bonds is 7. The summed E-state index contributed by atoms with van der Waals surface area (Å²) in [5.74, 6) is 2.99. The third-order valence-corrected chi connectivity index (χ3v) is 6.24. The fraction of sp³-hybridized carbons (Fsp3) is 0.550. The van der Waals surface area contributed by atoms with Crippen LogP contribution in [0.5, 0.6) is 11.5 Å². The van der Waals surface area contributed by atoms with Gasteiger partial charge in [0, 0.05) is 12.1 Å². The van der Waals surface area contributed by atoms with Crippen LogP contribution in [-0.2, 0) is 4.79 Å². The van der Waals surface area contributed by atoms with Gasteiger partial charge in [0.15, 0.2) is 0 Å². The zero-order valence-corrected chi connectivity index (χ0v) is 17.5. The summed E-state index contributed by atoms with van der Waals surface area (Å²) in [6, 6.07) is 5.61. The van der Waals surface area contributed by atoms with Crippen molar-refractivity contribution in [1.82, 2.24) is 15.5 Å². The molecule has 1 heterocycles. The average Bonchev–Trinajstić information content (AvgIpc) is 3.18. The van der Waals surface area contributed by atoms with Crippen molar-refractivity contribution in [3.05, 3.63) is 18.2 Å². The van der Waals surface area contributed by atoms with Crippen molar-refractivity contribution in [3.8, 4) is 23.0 Å². The number of thioether (sulfide) groups is 1. The molecule has 28 heavy (non-hydrogen) atoms. The summed E-state index contributed by atoms with van der Waals surface area (Å²) in [5, 5.41) is 11.6. The highest BCUT2D eigenvalue weighted by Crippen LogP contribution is 2.34. The molecule has 3 rings (SSSR count). The zero-order valence-electron chi connectivity index (χ0n) is 16.7. The summed E-state index contributed by atoms with van der Waals surface area (Å²) in [4.78, 5) is 12.3. The van der Waals surface area contributed by atoms with Gasteiger partial charge in [-0.2, -0.15) is 0 Å². The van der Waals surface area contributed by atoms with Gasteiger partial charge in [0.2, 0.25) is 5.91 Å². The topological polar surface area (TPSA) is 86.5 Å². The molecule has 8 heteroatoms. The van der Waals surface area contributed by atoms with Gasteiger partial charge in [-0.3, -0.25) is 4.79 Å². The van der Waals surface area contributed by atoms with Crippen LogP contribution in [0.4, 0.5) is 0 Å². The van der Waals surface area contributed by atoms with E-state index in [9.17, 15) is 4.79 Å². The Labute approximate surface area is 169 Å². The highest BCUT2D eigenvalue weighted by atomic mass is 32.2. The molecule has 152 valence electrons. The second-order valence-electron chi connectivity index (χ2n) is 7.17. The van der Waals surface area contributed by atoms with Crippen LogP contribution in [0.2, 0.25) is 0 Å². The van der Waals surface area contributed by atoms with E-state index in [1.165, 1.54) is 24.6 Å². The molecule has 0 unspecified atom stereocenters. The SMILES string of the molecule is COc1ccc(-c2nnc(SCC(=O)N[C@@H]3CCC[C@H](C)[C@H]3C)o2)c(OC)c1. The Bertz CT molecular complexity index is 810. The molecule has 1 aliphatic carbocycles. The highest BCUT2D eigenvalue weighted by molar-refractivity contribution is 7.99. The van der Waals surface area contributed by atoms with Crippen molar-refractivity contribution in [3.63, 3.8) is 0 Å². The molecule has 1 N–H and O–H groups in total. The lowest BCUT2D eigenvalue weighted by molar-refractivity contribution is -0.120. The molecular formula is C20H27N3O4S. The summed E-state index contributed by atoms with van der Waals surface area (Å²) >= 11 is 1.24. The minimum absolute atomic E-state index is 0.00210. The highest BCUT2D eigenvalue weighted by Gasteiger charge is 2.28. The summed E-state index contributed by atoms with van der Waals surface area (Å²) in [6.45, 7) is 4.47. The van der Waals surface area contributed by atoms with Gasteiger partial charge in [0.1, 0.15) is 11.5 Å². The van der Waals surface area contributed by atoms with Crippen LogP contribution < -0.4 is 14.8 Å². The van der Waals surface area contributed by atoms with Gasteiger partial charge >= 0.3 is 0 Å². The van der Waals surface area contributed by atoms with Crippen LogP contribution in [0.15, 0.2) is 27.8 Å². The quantitative estimate of drug-likeness (QED) is 0.701. The molecule has 1 aliphatic rings. The molecular weight excluding hydrogens is 378 g/mol. The second kappa shape index (κ2) is 9.32. The predicted molar refractivity (Wildman–Crippen MR) is 108 cm³/mol. The Morgan fingerprint density at radius 2 is 2.07 bits per heavy atom. The molecule has 1 aromatic carbocycles. The van der Waals surface area contributed by atoms with Crippen molar-refractivity contribution >= 4 is 17.7 Å². The molecule has 0 aliphatic heterocycles. The van der Waals surface area contributed by atoms with Crippen molar-refractivity contribution in [2.24, 2.45) is 11.8 Å². The Kier molecular flexibility index (Phi) is 6.83. The van der Waals surface area contributed by atoms with Crippen molar-refractivity contribution in [2.75, 3.05) is 20.0 Å². The summed E-state index contributed by atoms with van der Waals surface area (Å²) in [5.41, 5.74) is 0.678. The molecule has 3 atom stereocenters. The molecule has 2 aromatic rings. The number of carbonyl (C=O) groups is 1. The van der Waals surface area contributed by atoms with E-state index in [1.54, 1.807) is 32.4 Å². The normalized spacial score (nSPS) is 21.9. The van der Waals surface area contributed by atoms with E-state index < -0.39 is 0 Å². The summed E-state index contributed by atoms with van der Waals surface area (Å²) < 4.78 is 16.3. The number of benzene rings is 1. The average molecular weight is 406 g/mol. The first kappa shape index (κ1) is 20.5. The van der Waals surface area contributed by atoms with Gasteiger partial charge in [0.25, 0.3) is 11.1 Å². The van der Waals surface area contributed by atoms with Gasteiger partial charge in [-0.05, 0) is 30.4 Å². The maximum absolute atomic E-state index is 12.3. The first-order valence-corrected chi connectivity index (χ1v) is 10.5. The Morgan fingerprint density at radius 1 is 1.25 bits per heavy atom. The maximum Gasteiger partial charge on any atom is 0.277 e. The van der Waals surface area contributed by atoms with E-state index >= 15 is 0 Å². The number of hydrogen-bond acceptors (Lipinski definition) is 7. The molecule has 1 fully saturated rings. The van der Waals surface area contributed by atoms with E-state index in [0.29, 0.717) is 40.0 Å². The van der Waals surface area contributed by atoms with E-state index in [2.05, 4.69) is 29.4 Å². The molecule has 1 aromatic heterocycles. The van der Waals surface area contributed by atoms with Crippen LogP contribution in [0.1, 0.15) is 33.1 Å². The van der Waals surface area contributed by atoms with Crippen molar-refractivity contribution in [2.45, 2.75) is 44.4 Å². The molecule has 0 bridgehead atoms. The zero-order chi connectivity index (χ0) is 20.1. The monoisotopic (exact) mass is 405 g/mol. The lowest BCUT2D eigenvalue weighted by Crippen LogP contribution is -2.44. The number of methoxy groups -OCH3 is 2. The Balaban J connectivity index is 1.58. The number of amides is 1. The third kappa shape index (κ3) is 4.79.